The molecule has 0 aliphatic heterocycles. The minimum Gasteiger partial charge on any atom is -0.307 e. The summed E-state index contributed by atoms with van der Waals surface area (Å²) in [5, 5.41) is 5.74. The van der Waals surface area contributed by atoms with Crippen molar-refractivity contribution >= 4 is 34.5 Å². The van der Waals surface area contributed by atoms with Crippen molar-refractivity contribution < 1.29 is 0 Å². The molecule has 0 fully saturated rings. The van der Waals surface area contributed by atoms with E-state index in [1.165, 1.54) is 17.0 Å². The van der Waals surface area contributed by atoms with Crippen molar-refractivity contribution in [1.29, 1.82) is 0 Å². The maximum absolute atomic E-state index is 6.30. The molecule has 2 aromatic rings. The standard InChI is InChI=1S/C14H14Cl2N2S/c1-17-13(9-6-5-8(15)7-10(9)16)14-18-11-3-2-4-12(11)19-14/h5-7,13,17H,2-4H2,1H3. The van der Waals surface area contributed by atoms with E-state index in [1.54, 1.807) is 17.4 Å². The van der Waals surface area contributed by atoms with Crippen molar-refractivity contribution in [2.45, 2.75) is 25.3 Å². The number of hydrogen-bond donors (Lipinski definition) is 1. The van der Waals surface area contributed by atoms with E-state index in [0.717, 1.165) is 23.4 Å². The van der Waals surface area contributed by atoms with Crippen molar-refractivity contribution in [1.82, 2.24) is 10.3 Å². The van der Waals surface area contributed by atoms with Crippen LogP contribution in [0, 0.1) is 0 Å². The predicted molar refractivity (Wildman–Crippen MR) is 81.5 cm³/mol. The lowest BCUT2D eigenvalue weighted by Crippen LogP contribution is -2.18. The second kappa shape index (κ2) is 5.41. The molecule has 0 bridgehead atoms. The first-order valence-electron chi connectivity index (χ1n) is 6.29. The number of thiazole rings is 1. The van der Waals surface area contributed by atoms with Crippen LogP contribution in [0.1, 0.15) is 33.6 Å². The molecular weight excluding hydrogens is 299 g/mol. The van der Waals surface area contributed by atoms with Gasteiger partial charge in [-0.1, -0.05) is 29.3 Å². The molecule has 1 atom stereocenters. The molecule has 100 valence electrons. The van der Waals surface area contributed by atoms with Crippen LogP contribution in [-0.2, 0) is 12.8 Å². The zero-order valence-electron chi connectivity index (χ0n) is 10.5. The second-order valence-electron chi connectivity index (χ2n) is 4.66. The molecule has 3 rings (SSSR count). The number of aromatic nitrogens is 1. The third-order valence-corrected chi connectivity index (χ3v) is 5.21. The van der Waals surface area contributed by atoms with E-state index >= 15 is 0 Å². The number of hydrogen-bond acceptors (Lipinski definition) is 3. The summed E-state index contributed by atoms with van der Waals surface area (Å²) in [6.07, 6.45) is 3.51. The van der Waals surface area contributed by atoms with Gasteiger partial charge in [-0.15, -0.1) is 11.3 Å². The highest BCUT2D eigenvalue weighted by molar-refractivity contribution is 7.11. The Morgan fingerprint density at radius 3 is 2.84 bits per heavy atom. The Balaban J connectivity index is 1.99. The zero-order valence-corrected chi connectivity index (χ0v) is 12.9. The fourth-order valence-electron chi connectivity index (χ4n) is 2.48. The van der Waals surface area contributed by atoms with Crippen LogP contribution >= 0.6 is 34.5 Å². The molecule has 1 aromatic heterocycles. The van der Waals surface area contributed by atoms with Crippen LogP contribution in [-0.4, -0.2) is 12.0 Å². The highest BCUT2D eigenvalue weighted by Crippen LogP contribution is 2.35. The summed E-state index contributed by atoms with van der Waals surface area (Å²) in [6, 6.07) is 5.66. The van der Waals surface area contributed by atoms with Crippen LogP contribution in [0.25, 0.3) is 0 Å². The van der Waals surface area contributed by atoms with Crippen LogP contribution < -0.4 is 5.32 Å². The van der Waals surface area contributed by atoms with Gasteiger partial charge in [0, 0.05) is 14.9 Å². The summed E-state index contributed by atoms with van der Waals surface area (Å²) < 4.78 is 0. The highest BCUT2D eigenvalue weighted by atomic mass is 35.5. The molecule has 0 saturated carbocycles. The van der Waals surface area contributed by atoms with E-state index in [1.807, 2.05) is 19.2 Å². The molecule has 0 spiro atoms. The zero-order chi connectivity index (χ0) is 13.4. The Labute approximate surface area is 126 Å². The molecule has 1 aromatic carbocycles. The van der Waals surface area contributed by atoms with Gasteiger partial charge < -0.3 is 5.32 Å². The first-order valence-corrected chi connectivity index (χ1v) is 7.87. The molecule has 1 aliphatic carbocycles. The van der Waals surface area contributed by atoms with Gasteiger partial charge in [-0.05, 0) is 44.0 Å². The van der Waals surface area contributed by atoms with Gasteiger partial charge in [-0.3, -0.25) is 0 Å². The number of fused-ring (bicyclic) bond motifs is 1. The SMILES string of the molecule is CNC(c1nc2c(s1)CCC2)c1ccc(Cl)cc1Cl. The first kappa shape index (κ1) is 13.4. The smallest absolute Gasteiger partial charge is 0.115 e. The summed E-state index contributed by atoms with van der Waals surface area (Å²) in [7, 11) is 1.93. The van der Waals surface area contributed by atoms with Crippen LogP contribution in [0.3, 0.4) is 0 Å². The van der Waals surface area contributed by atoms with E-state index in [-0.39, 0.29) is 6.04 Å². The third-order valence-electron chi connectivity index (χ3n) is 3.42. The molecule has 0 radical (unpaired) electrons. The van der Waals surface area contributed by atoms with E-state index in [0.29, 0.717) is 10.0 Å². The number of nitrogens with one attached hydrogen (secondary N) is 1. The number of halogens is 2. The predicted octanol–water partition coefficient (Wildman–Crippen LogP) is 4.25. The van der Waals surface area contributed by atoms with Crippen molar-refractivity contribution in [2.24, 2.45) is 0 Å². The largest absolute Gasteiger partial charge is 0.307 e. The van der Waals surface area contributed by atoms with Crippen molar-refractivity contribution in [3.8, 4) is 0 Å². The number of rotatable bonds is 3. The summed E-state index contributed by atoms with van der Waals surface area (Å²) in [4.78, 5) is 6.20. The van der Waals surface area contributed by atoms with Gasteiger partial charge in [0.2, 0.25) is 0 Å². The molecule has 5 heteroatoms. The summed E-state index contributed by atoms with van der Waals surface area (Å²) >= 11 is 14.1. The fourth-order valence-corrected chi connectivity index (χ4v) is 4.28. The van der Waals surface area contributed by atoms with Crippen molar-refractivity contribution in [3.63, 3.8) is 0 Å². The number of benzene rings is 1. The van der Waals surface area contributed by atoms with E-state index < -0.39 is 0 Å². The van der Waals surface area contributed by atoms with Crippen molar-refractivity contribution in [2.75, 3.05) is 7.05 Å². The molecule has 0 saturated heterocycles. The normalized spacial score (nSPS) is 15.5. The van der Waals surface area contributed by atoms with Gasteiger partial charge in [-0.2, -0.15) is 0 Å². The Morgan fingerprint density at radius 2 is 2.16 bits per heavy atom. The minimum absolute atomic E-state index is 0.0420. The first-order chi connectivity index (χ1) is 9.19. The van der Waals surface area contributed by atoms with Crippen molar-refractivity contribution in [3.05, 3.63) is 49.4 Å². The molecule has 1 N–H and O–H groups in total. The summed E-state index contributed by atoms with van der Waals surface area (Å²) in [5.74, 6) is 0. The summed E-state index contributed by atoms with van der Waals surface area (Å²) in [5.41, 5.74) is 2.30. The van der Waals surface area contributed by atoms with E-state index in [4.69, 9.17) is 28.2 Å². The average Bonchev–Trinajstić information content (AvgIpc) is 2.93. The molecule has 1 aliphatic rings. The third kappa shape index (κ3) is 2.52. The number of nitrogens with zero attached hydrogens (tertiary/aromatic N) is 1. The van der Waals surface area contributed by atoms with Gasteiger partial charge >= 0.3 is 0 Å². The summed E-state index contributed by atoms with van der Waals surface area (Å²) in [6.45, 7) is 0. The minimum atomic E-state index is 0.0420. The van der Waals surface area contributed by atoms with Gasteiger partial charge in [-0.25, -0.2) is 4.98 Å². The molecule has 1 unspecified atom stereocenters. The van der Waals surface area contributed by atoms with Crippen LogP contribution in [0.4, 0.5) is 0 Å². The van der Waals surface area contributed by atoms with Crippen LogP contribution in [0.15, 0.2) is 18.2 Å². The molecular formula is C14H14Cl2N2S. The fraction of sp³-hybridized carbons (Fsp3) is 0.357. The molecule has 2 nitrogen and oxygen atoms in total. The lowest BCUT2D eigenvalue weighted by molar-refractivity contribution is 0.683. The van der Waals surface area contributed by atoms with Crippen LogP contribution in [0.2, 0.25) is 10.0 Å². The highest BCUT2D eigenvalue weighted by Gasteiger charge is 2.23. The Hall–Kier alpha value is -0.610. The number of aryl methyl sites for hydroxylation is 2. The van der Waals surface area contributed by atoms with Gasteiger partial charge in [0.05, 0.1) is 11.7 Å². The molecule has 19 heavy (non-hydrogen) atoms. The lowest BCUT2D eigenvalue weighted by atomic mass is 10.1. The van der Waals surface area contributed by atoms with E-state index in [2.05, 4.69) is 5.32 Å². The monoisotopic (exact) mass is 312 g/mol. The molecule has 0 amide bonds. The Kier molecular flexibility index (Phi) is 3.81. The topological polar surface area (TPSA) is 24.9 Å². The molecule has 1 heterocycles. The van der Waals surface area contributed by atoms with Crippen LogP contribution in [0.5, 0.6) is 0 Å². The maximum atomic E-state index is 6.30. The maximum Gasteiger partial charge on any atom is 0.115 e. The Morgan fingerprint density at radius 1 is 1.32 bits per heavy atom. The van der Waals surface area contributed by atoms with Gasteiger partial charge in [0.15, 0.2) is 0 Å². The van der Waals surface area contributed by atoms with E-state index in [9.17, 15) is 0 Å². The second-order valence-corrected chi connectivity index (χ2v) is 6.62. The average molecular weight is 313 g/mol. The van der Waals surface area contributed by atoms with Gasteiger partial charge in [0.25, 0.3) is 0 Å². The Bertz CT molecular complexity index is 588. The van der Waals surface area contributed by atoms with Gasteiger partial charge in [0.1, 0.15) is 5.01 Å². The lowest BCUT2D eigenvalue weighted by Gasteiger charge is -2.15. The quantitative estimate of drug-likeness (QED) is 0.916.